The molecule has 0 saturated carbocycles. The van der Waals surface area contributed by atoms with Crippen LogP contribution in [0.2, 0.25) is 0 Å². The highest BCUT2D eigenvalue weighted by molar-refractivity contribution is 5.88. The summed E-state index contributed by atoms with van der Waals surface area (Å²) in [5.74, 6) is -2.67. The number of likely N-dealkylation sites (tertiary alicyclic amines) is 1. The third-order valence-electron chi connectivity index (χ3n) is 7.17. The van der Waals surface area contributed by atoms with E-state index < -0.39 is 30.5 Å². The van der Waals surface area contributed by atoms with Gasteiger partial charge >= 0.3 is 12.1 Å². The first kappa shape index (κ1) is 29.1. The Morgan fingerprint density at radius 3 is 2.70 bits per heavy atom. The number of rotatable bonds is 7. The van der Waals surface area contributed by atoms with Crippen LogP contribution in [0.1, 0.15) is 33.1 Å². The van der Waals surface area contributed by atoms with Gasteiger partial charge in [0.1, 0.15) is 6.04 Å². The monoisotopic (exact) mass is 563 g/mol. The minimum atomic E-state index is -3.16. The zero-order valence-corrected chi connectivity index (χ0v) is 23.0. The number of halogens is 2. The number of aromatic nitrogens is 4. The zero-order chi connectivity index (χ0) is 28.9. The van der Waals surface area contributed by atoms with Gasteiger partial charge in [-0.25, -0.2) is 33.3 Å². The number of likely N-dealkylation sites (N-methyl/N-ethyl adjacent to an activating group) is 1. The molecule has 0 unspecified atom stereocenters. The molecule has 2 N–H and O–H groups in total. The van der Waals surface area contributed by atoms with Gasteiger partial charge in [-0.15, -0.1) is 0 Å². The van der Waals surface area contributed by atoms with Gasteiger partial charge in [-0.3, -0.25) is 5.32 Å². The summed E-state index contributed by atoms with van der Waals surface area (Å²) >= 11 is 0. The number of piperidine rings is 2. The average molecular weight is 564 g/mol. The Hall–Kier alpha value is -3.88. The molecule has 2 fully saturated rings. The molecule has 2 aromatic heterocycles. The van der Waals surface area contributed by atoms with E-state index in [0.717, 1.165) is 24.3 Å². The molecule has 218 valence electrons. The molecule has 0 bridgehead atoms. The topological polar surface area (TPSA) is 138 Å². The molecule has 3 atom stereocenters. The van der Waals surface area contributed by atoms with Gasteiger partial charge in [0.05, 0.1) is 19.0 Å². The van der Waals surface area contributed by atoms with Crippen LogP contribution in [0.4, 0.5) is 30.1 Å². The van der Waals surface area contributed by atoms with Gasteiger partial charge in [-0.2, -0.15) is 4.98 Å². The molecular formula is C25H35F2N9O4. The Labute approximate surface area is 231 Å². The van der Waals surface area contributed by atoms with Crippen molar-refractivity contribution in [2.24, 2.45) is 0 Å². The van der Waals surface area contributed by atoms with Crippen molar-refractivity contribution in [3.05, 3.63) is 24.7 Å². The molecule has 4 heterocycles. The maximum Gasteiger partial charge on any atom is 0.414 e. The van der Waals surface area contributed by atoms with Crippen molar-refractivity contribution in [3.63, 3.8) is 0 Å². The van der Waals surface area contributed by atoms with Gasteiger partial charge in [-0.05, 0) is 33.7 Å². The van der Waals surface area contributed by atoms with Gasteiger partial charge < -0.3 is 29.5 Å². The summed E-state index contributed by atoms with van der Waals surface area (Å²) in [6, 6.07) is -0.514. The number of nitrogens with one attached hydrogen (secondary N) is 2. The molecule has 4 rings (SSSR count). The van der Waals surface area contributed by atoms with Crippen LogP contribution in [-0.2, 0) is 0 Å². The van der Waals surface area contributed by atoms with E-state index in [2.05, 4.69) is 42.4 Å². The molecule has 2 aromatic rings. The van der Waals surface area contributed by atoms with E-state index in [9.17, 15) is 18.4 Å². The first-order valence-corrected chi connectivity index (χ1v) is 13.2. The average Bonchev–Trinajstić information content (AvgIpc) is 2.91. The summed E-state index contributed by atoms with van der Waals surface area (Å²) < 4.78 is 40.5. The van der Waals surface area contributed by atoms with Crippen LogP contribution >= 0.6 is 0 Å². The Kier molecular flexibility index (Phi) is 9.12. The maximum atomic E-state index is 15.0. The van der Waals surface area contributed by atoms with Crippen molar-refractivity contribution in [1.82, 2.24) is 35.1 Å². The van der Waals surface area contributed by atoms with Crippen LogP contribution in [0, 0.1) is 0 Å². The van der Waals surface area contributed by atoms with Crippen molar-refractivity contribution in [1.29, 1.82) is 0 Å². The second-order valence-corrected chi connectivity index (χ2v) is 9.97. The third kappa shape index (κ3) is 7.20. The van der Waals surface area contributed by atoms with E-state index in [-0.39, 0.29) is 42.7 Å². The number of anilines is 2. The molecule has 0 spiro atoms. The molecule has 2 aliphatic rings. The van der Waals surface area contributed by atoms with Crippen LogP contribution in [0.3, 0.4) is 0 Å². The molecule has 40 heavy (non-hydrogen) atoms. The SMILES string of the molecule is CCOc1cnc(NC(=O)N(C)[C@H]2CN(c3nccc(OC(=O)N[C@@H]4CCN(C)[C@@H](C)C4)n3)CCC2(F)F)cn1. The lowest BCUT2D eigenvalue weighted by molar-refractivity contribution is -0.0760. The highest BCUT2D eigenvalue weighted by atomic mass is 19.3. The molecule has 0 radical (unpaired) electrons. The molecule has 0 aliphatic carbocycles. The van der Waals surface area contributed by atoms with Crippen molar-refractivity contribution in [3.8, 4) is 11.8 Å². The summed E-state index contributed by atoms with van der Waals surface area (Å²) in [6.07, 6.45) is 4.45. The van der Waals surface area contributed by atoms with Crippen molar-refractivity contribution in [2.45, 2.75) is 57.2 Å². The minimum absolute atomic E-state index is 0.00229. The van der Waals surface area contributed by atoms with Gasteiger partial charge in [0.2, 0.25) is 17.7 Å². The van der Waals surface area contributed by atoms with Crippen LogP contribution in [0.5, 0.6) is 11.8 Å². The molecule has 2 saturated heterocycles. The number of carbonyl (C=O) groups is 2. The highest BCUT2D eigenvalue weighted by Crippen LogP contribution is 2.33. The number of hydrogen-bond acceptors (Lipinski definition) is 10. The van der Waals surface area contributed by atoms with E-state index in [4.69, 9.17) is 9.47 Å². The molecule has 0 aromatic carbocycles. The summed E-state index contributed by atoms with van der Waals surface area (Å²) in [7, 11) is 3.33. The lowest BCUT2D eigenvalue weighted by Crippen LogP contribution is -2.60. The Balaban J connectivity index is 1.37. The fourth-order valence-electron chi connectivity index (χ4n) is 4.67. The van der Waals surface area contributed by atoms with Crippen LogP contribution in [0.15, 0.2) is 24.7 Å². The molecule has 2 aliphatic heterocycles. The van der Waals surface area contributed by atoms with E-state index in [1.165, 1.54) is 36.6 Å². The van der Waals surface area contributed by atoms with E-state index in [0.29, 0.717) is 12.6 Å². The normalized spacial score (nSPS) is 22.8. The third-order valence-corrected chi connectivity index (χ3v) is 7.17. The Bertz CT molecular complexity index is 1170. The first-order chi connectivity index (χ1) is 19.1. The number of amides is 3. The predicted molar refractivity (Wildman–Crippen MR) is 142 cm³/mol. The molecule has 15 heteroatoms. The number of nitrogens with zero attached hydrogens (tertiary/aromatic N) is 7. The van der Waals surface area contributed by atoms with E-state index in [1.54, 1.807) is 6.92 Å². The summed E-state index contributed by atoms with van der Waals surface area (Å²) in [4.78, 5) is 46.4. The first-order valence-electron chi connectivity index (χ1n) is 13.2. The second-order valence-electron chi connectivity index (χ2n) is 9.97. The van der Waals surface area contributed by atoms with Crippen LogP contribution < -0.4 is 25.0 Å². The number of ether oxygens (including phenoxy) is 2. The fourth-order valence-corrected chi connectivity index (χ4v) is 4.67. The Morgan fingerprint density at radius 1 is 1.20 bits per heavy atom. The Morgan fingerprint density at radius 2 is 2.00 bits per heavy atom. The maximum absolute atomic E-state index is 15.0. The van der Waals surface area contributed by atoms with Crippen LogP contribution in [-0.4, -0.2) is 106 Å². The number of urea groups is 1. The van der Waals surface area contributed by atoms with Gasteiger partial charge in [0.15, 0.2) is 5.82 Å². The minimum Gasteiger partial charge on any atom is -0.477 e. The molecule has 13 nitrogen and oxygen atoms in total. The van der Waals surface area contributed by atoms with E-state index in [1.807, 2.05) is 7.05 Å². The quantitative estimate of drug-likeness (QED) is 0.517. The molecule has 3 amide bonds. The largest absolute Gasteiger partial charge is 0.477 e. The van der Waals surface area contributed by atoms with Crippen molar-refractivity contribution >= 4 is 23.9 Å². The molecular weight excluding hydrogens is 528 g/mol. The van der Waals surface area contributed by atoms with Gasteiger partial charge in [0.25, 0.3) is 5.92 Å². The lowest BCUT2D eigenvalue weighted by Gasteiger charge is -2.42. The number of carbonyl (C=O) groups excluding carboxylic acids is 2. The summed E-state index contributed by atoms with van der Waals surface area (Å²) in [6.45, 7) is 4.87. The van der Waals surface area contributed by atoms with Gasteiger partial charge in [0, 0.05) is 57.4 Å². The van der Waals surface area contributed by atoms with Crippen LogP contribution in [0.25, 0.3) is 0 Å². The summed E-state index contributed by atoms with van der Waals surface area (Å²) in [5, 5.41) is 5.34. The lowest BCUT2D eigenvalue weighted by atomic mass is 9.99. The van der Waals surface area contributed by atoms with Gasteiger partial charge in [-0.1, -0.05) is 0 Å². The number of hydrogen-bond donors (Lipinski definition) is 2. The highest BCUT2D eigenvalue weighted by Gasteiger charge is 2.48. The van der Waals surface area contributed by atoms with Crippen molar-refractivity contribution < 1.29 is 27.8 Å². The standard InChI is InChI=1S/C25H35F2N9O4/c1-5-39-21-14-29-19(13-30-21)32-23(37)35(4)18-15-36(11-8-25(18,26)27)22-28-9-6-20(33-22)40-24(38)31-17-7-10-34(3)16(2)12-17/h6,9,13-14,16-18H,5,7-8,10-12,15H2,1-4H3,(H,31,38)(H,29,32,37)/t16-,17+,18-/m0/s1. The van der Waals surface area contributed by atoms with Crippen molar-refractivity contribution in [2.75, 3.05) is 50.6 Å². The predicted octanol–water partition coefficient (Wildman–Crippen LogP) is 2.61. The smallest absolute Gasteiger partial charge is 0.414 e. The zero-order valence-electron chi connectivity index (χ0n) is 23.0. The van der Waals surface area contributed by atoms with E-state index >= 15 is 0 Å². The summed E-state index contributed by atoms with van der Waals surface area (Å²) in [5.41, 5.74) is 0. The number of alkyl halides is 2. The fraction of sp³-hybridized carbons (Fsp3) is 0.600. The second kappa shape index (κ2) is 12.5.